The van der Waals surface area contributed by atoms with E-state index in [-0.39, 0.29) is 35.2 Å². The second-order valence-electron chi connectivity index (χ2n) is 9.23. The number of nitrogens with one attached hydrogen (secondary N) is 1. The first kappa shape index (κ1) is 24.8. The number of rotatable bonds is 5. The molecule has 1 unspecified atom stereocenters. The highest BCUT2D eigenvalue weighted by Crippen LogP contribution is 2.49. The molecule has 1 atom stereocenters. The van der Waals surface area contributed by atoms with E-state index in [1.54, 1.807) is 42.5 Å². The highest BCUT2D eigenvalue weighted by Gasteiger charge is 2.43. The third-order valence-corrected chi connectivity index (χ3v) is 6.59. The second kappa shape index (κ2) is 9.76. The van der Waals surface area contributed by atoms with Crippen molar-refractivity contribution in [1.82, 2.24) is 0 Å². The summed E-state index contributed by atoms with van der Waals surface area (Å²) in [5.41, 5.74) is 7.50. The summed E-state index contributed by atoms with van der Waals surface area (Å²) in [6.45, 7) is 3.69. The van der Waals surface area contributed by atoms with E-state index in [0.29, 0.717) is 46.2 Å². The molecule has 2 aliphatic rings. The summed E-state index contributed by atoms with van der Waals surface area (Å²) < 4.78 is 12.4. The van der Waals surface area contributed by atoms with Gasteiger partial charge in [-0.15, -0.1) is 0 Å². The molecule has 1 aliphatic heterocycles. The summed E-state index contributed by atoms with van der Waals surface area (Å²) in [6, 6.07) is 14.0. The van der Waals surface area contributed by atoms with Crippen LogP contribution in [-0.4, -0.2) is 18.3 Å². The lowest BCUT2D eigenvalue weighted by atomic mass is 9.70. The second-order valence-corrected chi connectivity index (χ2v) is 10.6. The van der Waals surface area contributed by atoms with Crippen LogP contribution in [0.15, 0.2) is 69.7 Å². The van der Waals surface area contributed by atoms with Gasteiger partial charge >= 0.3 is 0 Å². The maximum Gasteiger partial charge on any atom is 0.262 e. The third kappa shape index (κ3) is 5.37. The van der Waals surface area contributed by atoms with E-state index in [4.69, 9.17) is 26.8 Å². The Bertz CT molecular complexity index is 1310. The fraction of sp³-hybridized carbons (Fsp3) is 0.269. The number of nitriles is 1. The minimum absolute atomic E-state index is 0.0341. The molecule has 0 bridgehead atoms. The van der Waals surface area contributed by atoms with Crippen LogP contribution in [0.2, 0.25) is 5.02 Å². The molecule has 2 aromatic carbocycles. The molecule has 180 valence electrons. The number of ketones is 1. The van der Waals surface area contributed by atoms with Gasteiger partial charge in [-0.05, 0) is 47.9 Å². The van der Waals surface area contributed by atoms with Crippen LogP contribution in [-0.2, 0) is 14.3 Å². The summed E-state index contributed by atoms with van der Waals surface area (Å²) in [7, 11) is 0. The number of allylic oxidation sites excluding steroid dienone is 3. The minimum atomic E-state index is -0.765. The van der Waals surface area contributed by atoms with Gasteiger partial charge in [0, 0.05) is 39.2 Å². The zero-order valence-electron chi connectivity index (χ0n) is 19.2. The van der Waals surface area contributed by atoms with Crippen molar-refractivity contribution in [1.29, 1.82) is 5.26 Å². The van der Waals surface area contributed by atoms with Crippen LogP contribution in [0, 0.1) is 16.7 Å². The van der Waals surface area contributed by atoms with Crippen molar-refractivity contribution in [2.24, 2.45) is 11.1 Å². The van der Waals surface area contributed by atoms with Gasteiger partial charge < -0.3 is 20.5 Å². The van der Waals surface area contributed by atoms with E-state index >= 15 is 0 Å². The largest absolute Gasteiger partial charge is 0.483 e. The Balaban J connectivity index is 1.67. The number of Topliss-reactive ketones (excluding diaryl/α,β-unsaturated/α-hetero) is 1. The Morgan fingerprint density at radius 1 is 1.29 bits per heavy atom. The van der Waals surface area contributed by atoms with Gasteiger partial charge in [-0.3, -0.25) is 9.59 Å². The Labute approximate surface area is 216 Å². The summed E-state index contributed by atoms with van der Waals surface area (Å²) in [5.74, 6) is -0.449. The van der Waals surface area contributed by atoms with Gasteiger partial charge in [0.05, 0.1) is 5.92 Å². The van der Waals surface area contributed by atoms with Gasteiger partial charge in [0.2, 0.25) is 5.88 Å². The Kier molecular flexibility index (Phi) is 6.93. The van der Waals surface area contributed by atoms with Gasteiger partial charge in [0.1, 0.15) is 23.2 Å². The lowest BCUT2D eigenvalue weighted by molar-refractivity contribution is -0.119. The quantitative estimate of drug-likeness (QED) is 0.498. The number of nitrogens with zero attached hydrogens (tertiary/aromatic N) is 1. The van der Waals surface area contributed by atoms with Gasteiger partial charge in [-0.2, -0.15) is 5.26 Å². The van der Waals surface area contributed by atoms with E-state index in [1.807, 2.05) is 13.8 Å². The predicted octanol–water partition coefficient (Wildman–Crippen LogP) is 5.57. The van der Waals surface area contributed by atoms with Crippen LogP contribution in [0.25, 0.3) is 0 Å². The van der Waals surface area contributed by atoms with Gasteiger partial charge in [0.25, 0.3) is 5.91 Å². The molecule has 4 rings (SSSR count). The number of anilines is 1. The van der Waals surface area contributed by atoms with E-state index in [0.717, 1.165) is 4.47 Å². The highest BCUT2D eigenvalue weighted by atomic mass is 79.9. The molecule has 0 spiro atoms. The Morgan fingerprint density at radius 2 is 2.00 bits per heavy atom. The number of hydrogen-bond acceptors (Lipinski definition) is 6. The first-order valence-electron chi connectivity index (χ1n) is 10.9. The van der Waals surface area contributed by atoms with Crippen LogP contribution in [0.1, 0.15) is 38.2 Å². The highest BCUT2D eigenvalue weighted by molar-refractivity contribution is 9.10. The fourth-order valence-electron chi connectivity index (χ4n) is 4.35. The summed E-state index contributed by atoms with van der Waals surface area (Å²) >= 11 is 9.35. The molecular weight excluding hydrogens is 534 g/mol. The van der Waals surface area contributed by atoms with E-state index < -0.39 is 5.92 Å². The summed E-state index contributed by atoms with van der Waals surface area (Å²) in [6.07, 6.45) is 0.829. The summed E-state index contributed by atoms with van der Waals surface area (Å²) in [5, 5.41) is 13.2. The lowest BCUT2D eigenvalue weighted by Crippen LogP contribution is -2.33. The molecule has 0 saturated heterocycles. The SMILES string of the molecule is CC1(C)CC(=O)C2=C(C1)OC(N)=C(C#N)C2c1cc(Br)ccc1OCC(=O)Nc1ccc(Cl)cc1. The van der Waals surface area contributed by atoms with Crippen molar-refractivity contribution in [3.05, 3.63) is 80.3 Å². The van der Waals surface area contributed by atoms with E-state index in [2.05, 4.69) is 27.3 Å². The van der Waals surface area contributed by atoms with E-state index in [1.165, 1.54) is 0 Å². The van der Waals surface area contributed by atoms with Crippen molar-refractivity contribution in [3.63, 3.8) is 0 Å². The Morgan fingerprint density at radius 3 is 2.69 bits per heavy atom. The number of amides is 1. The normalized spacial score (nSPS) is 18.9. The minimum Gasteiger partial charge on any atom is -0.483 e. The van der Waals surface area contributed by atoms with Crippen molar-refractivity contribution >= 4 is 44.9 Å². The molecule has 3 N–H and O–H groups in total. The number of benzene rings is 2. The molecule has 1 amide bonds. The predicted molar refractivity (Wildman–Crippen MR) is 135 cm³/mol. The molecule has 1 aliphatic carbocycles. The summed E-state index contributed by atoms with van der Waals surface area (Å²) in [4.78, 5) is 25.8. The number of carbonyl (C=O) groups excluding carboxylic acids is 2. The lowest BCUT2D eigenvalue weighted by Gasteiger charge is -2.37. The molecule has 2 aromatic rings. The molecule has 0 fully saturated rings. The average molecular weight is 557 g/mol. The number of ether oxygens (including phenoxy) is 2. The van der Waals surface area contributed by atoms with Crippen molar-refractivity contribution in [2.75, 3.05) is 11.9 Å². The van der Waals surface area contributed by atoms with Crippen molar-refractivity contribution in [3.8, 4) is 11.8 Å². The van der Waals surface area contributed by atoms with Crippen LogP contribution in [0.5, 0.6) is 5.75 Å². The maximum atomic E-state index is 13.2. The standard InChI is InChI=1S/C26H23BrClN3O4/c1-26(2)10-19(32)24-21(11-26)35-25(30)18(12-29)23(24)17-9-14(27)3-8-20(17)34-13-22(33)31-16-6-4-15(28)5-7-16/h3-9,23H,10-11,13,30H2,1-2H3,(H,31,33). The average Bonchev–Trinajstić information content (AvgIpc) is 2.78. The number of carbonyl (C=O) groups is 2. The molecule has 0 saturated carbocycles. The first-order chi connectivity index (χ1) is 16.6. The van der Waals surface area contributed by atoms with E-state index in [9.17, 15) is 14.9 Å². The zero-order chi connectivity index (χ0) is 25.3. The molecule has 1 heterocycles. The van der Waals surface area contributed by atoms with Crippen molar-refractivity contribution in [2.45, 2.75) is 32.6 Å². The monoisotopic (exact) mass is 555 g/mol. The number of hydrogen-bond donors (Lipinski definition) is 2. The zero-order valence-corrected chi connectivity index (χ0v) is 21.5. The van der Waals surface area contributed by atoms with Gasteiger partial charge in [0.15, 0.2) is 12.4 Å². The molecule has 9 heteroatoms. The van der Waals surface area contributed by atoms with Crippen LogP contribution in [0.4, 0.5) is 5.69 Å². The molecule has 35 heavy (non-hydrogen) atoms. The van der Waals surface area contributed by atoms with Crippen molar-refractivity contribution < 1.29 is 19.1 Å². The topological polar surface area (TPSA) is 114 Å². The maximum absolute atomic E-state index is 13.2. The number of halogens is 2. The first-order valence-corrected chi connectivity index (χ1v) is 12.1. The Hall–Kier alpha value is -3.28. The van der Waals surface area contributed by atoms with Gasteiger partial charge in [-0.25, -0.2) is 0 Å². The number of nitrogens with two attached hydrogens (primary N) is 1. The van der Waals surface area contributed by atoms with Crippen LogP contribution in [0.3, 0.4) is 0 Å². The molecule has 0 radical (unpaired) electrons. The molecule has 0 aromatic heterocycles. The smallest absolute Gasteiger partial charge is 0.262 e. The fourth-order valence-corrected chi connectivity index (χ4v) is 4.85. The third-order valence-electron chi connectivity index (χ3n) is 5.85. The van der Waals surface area contributed by atoms with Crippen LogP contribution >= 0.6 is 27.5 Å². The molecular formula is C26H23BrClN3O4. The van der Waals surface area contributed by atoms with Gasteiger partial charge in [-0.1, -0.05) is 41.4 Å². The molecule has 7 nitrogen and oxygen atoms in total. The van der Waals surface area contributed by atoms with Crippen LogP contribution < -0.4 is 15.8 Å².